The van der Waals surface area contributed by atoms with Crippen LogP contribution in [0.25, 0.3) is 11.1 Å². The first-order chi connectivity index (χ1) is 15.2. The number of amides is 2. The Morgan fingerprint density at radius 1 is 1.28 bits per heavy atom. The summed E-state index contributed by atoms with van der Waals surface area (Å²) in [4.78, 5) is 19.2. The maximum absolute atomic E-state index is 12.5. The second kappa shape index (κ2) is 9.07. The van der Waals surface area contributed by atoms with Crippen molar-refractivity contribution in [3.8, 4) is 17.0 Å². The molecule has 0 bridgehead atoms. The van der Waals surface area contributed by atoms with E-state index in [1.807, 2.05) is 19.1 Å². The molecule has 1 fully saturated rings. The molecular weight excluding hydrogens is 426 g/mol. The summed E-state index contributed by atoms with van der Waals surface area (Å²) in [6.07, 6.45) is 7.86. The third-order valence-corrected chi connectivity index (χ3v) is 6.67. The second-order valence-electron chi connectivity index (χ2n) is 8.84. The molecule has 1 unspecified atom stereocenters. The van der Waals surface area contributed by atoms with Crippen molar-refractivity contribution in [2.45, 2.75) is 45.1 Å². The predicted octanol–water partition coefficient (Wildman–Crippen LogP) is 3.73. The van der Waals surface area contributed by atoms with Crippen molar-refractivity contribution < 1.29 is 13.7 Å². The molecule has 32 heavy (non-hydrogen) atoms. The van der Waals surface area contributed by atoms with Crippen LogP contribution >= 0.6 is 0 Å². The molecule has 1 aromatic heterocycles. The highest BCUT2D eigenvalue weighted by molar-refractivity contribution is 7.90. The molecule has 8 nitrogen and oxygen atoms in total. The Bertz CT molecular complexity index is 1120. The number of anilines is 1. The number of nitrogens with one attached hydrogen (secondary N) is 3. The Labute approximate surface area is 189 Å². The Balaban J connectivity index is 1.68. The molecule has 0 radical (unpaired) electrons. The highest BCUT2D eigenvalue weighted by atomic mass is 32.2. The number of aryl methyl sites for hydroxylation is 2. The number of likely N-dealkylation sites (tertiary alicyclic amines) is 1. The van der Waals surface area contributed by atoms with Gasteiger partial charge in [0, 0.05) is 37.2 Å². The summed E-state index contributed by atoms with van der Waals surface area (Å²) in [6, 6.07) is 5.40. The number of aromatic nitrogens is 1. The minimum absolute atomic E-state index is 0.146. The van der Waals surface area contributed by atoms with E-state index >= 15 is 0 Å². The largest absolute Gasteiger partial charge is 0.474 e. The molecule has 0 spiro atoms. The Kier molecular flexibility index (Phi) is 6.39. The van der Waals surface area contributed by atoms with Gasteiger partial charge < -0.3 is 15.0 Å². The van der Waals surface area contributed by atoms with Gasteiger partial charge in [-0.15, -0.1) is 0 Å². The van der Waals surface area contributed by atoms with E-state index in [1.165, 1.54) is 11.8 Å². The fourth-order valence-corrected chi connectivity index (χ4v) is 5.03. The van der Waals surface area contributed by atoms with Crippen LogP contribution in [0.4, 0.5) is 10.5 Å². The summed E-state index contributed by atoms with van der Waals surface area (Å²) in [5, 5.41) is 2.90. The number of fused-ring (bicyclic) bond motifs is 1. The Morgan fingerprint density at radius 3 is 2.75 bits per heavy atom. The van der Waals surface area contributed by atoms with Gasteiger partial charge in [-0.2, -0.15) is 0 Å². The smallest absolute Gasteiger partial charge is 0.331 e. The lowest BCUT2D eigenvalue weighted by atomic mass is 9.93. The molecule has 2 aliphatic rings. The molecule has 0 saturated carbocycles. The van der Waals surface area contributed by atoms with Crippen molar-refractivity contribution in [3.05, 3.63) is 41.1 Å². The van der Waals surface area contributed by atoms with Crippen molar-refractivity contribution in [2.24, 2.45) is 0 Å². The predicted molar refractivity (Wildman–Crippen MR) is 127 cm³/mol. The number of nitrogens with zero attached hydrogens (tertiary/aromatic N) is 2. The standard InChI is InChI=1S/C23H31N5O3S/c1-15-13-16-5-4-6-19(16)22(26-23(29)27-32(3,24)30)21(15)17-7-10-25-20(14-17)31-18-8-11-28(2)12-9-18/h7,10,13-14,18H,4-6,8-9,11-12H2,1-3H3,(H3,24,26,27,29,30). The quantitative estimate of drug-likeness (QED) is 0.634. The monoisotopic (exact) mass is 457 g/mol. The van der Waals surface area contributed by atoms with E-state index in [9.17, 15) is 9.00 Å². The summed E-state index contributed by atoms with van der Waals surface area (Å²) in [7, 11) is -1.05. The molecule has 1 aliphatic carbocycles. The first kappa shape index (κ1) is 22.5. The van der Waals surface area contributed by atoms with Crippen LogP contribution in [0.15, 0.2) is 24.4 Å². The van der Waals surface area contributed by atoms with Gasteiger partial charge in [0.1, 0.15) is 16.0 Å². The number of urea groups is 1. The summed E-state index contributed by atoms with van der Waals surface area (Å²) in [5.41, 5.74) is 5.90. The van der Waals surface area contributed by atoms with Crippen LogP contribution in [0.2, 0.25) is 0 Å². The van der Waals surface area contributed by atoms with Crippen molar-refractivity contribution in [1.29, 1.82) is 4.78 Å². The van der Waals surface area contributed by atoms with Gasteiger partial charge in [0.2, 0.25) is 5.88 Å². The molecule has 2 aromatic rings. The third kappa shape index (κ3) is 5.21. The van der Waals surface area contributed by atoms with Crippen LogP contribution in [0, 0.1) is 11.7 Å². The number of carbonyl (C=O) groups excluding carboxylic acids is 1. The van der Waals surface area contributed by atoms with E-state index in [0.29, 0.717) is 5.88 Å². The van der Waals surface area contributed by atoms with Gasteiger partial charge in [0.15, 0.2) is 0 Å². The molecular formula is C23H31N5O3S. The topological polar surface area (TPSA) is 107 Å². The molecule has 3 N–H and O–H groups in total. The summed E-state index contributed by atoms with van der Waals surface area (Å²) < 4.78 is 27.7. The SMILES string of the molecule is Cc1cc2c(c(NC(=O)NS(C)(=N)=O)c1-c1ccnc(OC3CCN(C)CC3)c1)CCC2. The summed E-state index contributed by atoms with van der Waals surface area (Å²) in [6.45, 7) is 4.05. The zero-order valence-corrected chi connectivity index (χ0v) is 19.7. The summed E-state index contributed by atoms with van der Waals surface area (Å²) >= 11 is 0. The van der Waals surface area contributed by atoms with Gasteiger partial charge in [0.25, 0.3) is 0 Å². The number of rotatable bonds is 5. The zero-order valence-electron chi connectivity index (χ0n) is 18.9. The number of piperidine rings is 1. The van der Waals surface area contributed by atoms with Gasteiger partial charge in [0.05, 0.1) is 5.69 Å². The zero-order chi connectivity index (χ0) is 22.9. The van der Waals surface area contributed by atoms with Gasteiger partial charge in [-0.25, -0.2) is 18.8 Å². The minimum atomic E-state index is -3.17. The fraction of sp³-hybridized carbons (Fsp3) is 0.478. The Morgan fingerprint density at radius 2 is 2.03 bits per heavy atom. The van der Waals surface area contributed by atoms with Crippen molar-refractivity contribution in [2.75, 3.05) is 31.7 Å². The molecule has 2 heterocycles. The first-order valence-corrected chi connectivity index (χ1v) is 13.0. The maximum Gasteiger partial charge on any atom is 0.331 e. The third-order valence-electron chi connectivity index (χ3n) is 6.10. The van der Waals surface area contributed by atoms with Gasteiger partial charge in [-0.05, 0) is 74.4 Å². The minimum Gasteiger partial charge on any atom is -0.474 e. The van der Waals surface area contributed by atoms with Crippen LogP contribution in [-0.4, -0.2) is 52.6 Å². The number of hydrogen-bond donors (Lipinski definition) is 3. The average molecular weight is 458 g/mol. The second-order valence-corrected chi connectivity index (χ2v) is 10.7. The van der Waals surface area contributed by atoms with Crippen molar-refractivity contribution in [3.63, 3.8) is 0 Å². The van der Waals surface area contributed by atoms with E-state index in [4.69, 9.17) is 9.52 Å². The van der Waals surface area contributed by atoms with E-state index in [-0.39, 0.29) is 6.10 Å². The van der Waals surface area contributed by atoms with E-state index < -0.39 is 15.9 Å². The van der Waals surface area contributed by atoms with Crippen LogP contribution in [0.3, 0.4) is 0 Å². The van der Waals surface area contributed by atoms with E-state index in [0.717, 1.165) is 73.1 Å². The van der Waals surface area contributed by atoms with Crippen LogP contribution in [0.1, 0.15) is 36.0 Å². The highest BCUT2D eigenvalue weighted by Gasteiger charge is 2.24. The van der Waals surface area contributed by atoms with Crippen LogP contribution in [0.5, 0.6) is 5.88 Å². The average Bonchev–Trinajstić information content (AvgIpc) is 3.17. The van der Waals surface area contributed by atoms with Crippen molar-refractivity contribution in [1.82, 2.24) is 14.6 Å². The van der Waals surface area contributed by atoms with Gasteiger partial charge in [-0.1, -0.05) is 6.07 Å². The lowest BCUT2D eigenvalue weighted by molar-refractivity contribution is 0.110. The molecule has 2 amide bonds. The lowest BCUT2D eigenvalue weighted by Gasteiger charge is -2.29. The number of ether oxygens (including phenoxy) is 1. The van der Waals surface area contributed by atoms with Gasteiger partial charge >= 0.3 is 6.03 Å². The molecule has 1 saturated heterocycles. The number of carbonyl (C=O) groups is 1. The lowest BCUT2D eigenvalue weighted by Crippen LogP contribution is -2.35. The maximum atomic E-state index is 12.5. The number of benzene rings is 1. The van der Waals surface area contributed by atoms with E-state index in [1.54, 1.807) is 6.20 Å². The highest BCUT2D eigenvalue weighted by Crippen LogP contribution is 2.40. The van der Waals surface area contributed by atoms with Crippen LogP contribution < -0.4 is 14.8 Å². The van der Waals surface area contributed by atoms with Crippen molar-refractivity contribution >= 4 is 21.6 Å². The molecule has 1 aromatic carbocycles. The molecule has 1 aliphatic heterocycles. The molecule has 172 valence electrons. The van der Waals surface area contributed by atoms with Crippen LogP contribution in [-0.2, 0) is 22.8 Å². The molecule has 9 heteroatoms. The fourth-order valence-electron chi connectivity index (χ4n) is 4.62. The molecule has 4 rings (SSSR count). The number of pyridine rings is 1. The van der Waals surface area contributed by atoms with Gasteiger partial charge in [-0.3, -0.25) is 4.72 Å². The normalized spacial score (nSPS) is 18.6. The van der Waals surface area contributed by atoms with E-state index in [2.05, 4.69) is 33.0 Å². The first-order valence-electron chi connectivity index (χ1n) is 11.0. The molecule has 1 atom stereocenters. The number of hydrogen-bond acceptors (Lipinski definition) is 6. The Hall–Kier alpha value is -2.65. The summed E-state index contributed by atoms with van der Waals surface area (Å²) in [5.74, 6) is 0.579.